The summed E-state index contributed by atoms with van der Waals surface area (Å²) in [7, 11) is 1.82. The molecule has 2 saturated carbocycles. The molecule has 0 saturated heterocycles. The first kappa shape index (κ1) is 15.0. The minimum Gasteiger partial charge on any atom is -0.393 e. The van der Waals surface area contributed by atoms with Crippen molar-refractivity contribution in [1.82, 2.24) is 0 Å². The van der Waals surface area contributed by atoms with Gasteiger partial charge in [0.2, 0.25) is 0 Å². The molecule has 17 heavy (non-hydrogen) atoms. The highest BCUT2D eigenvalue weighted by Crippen LogP contribution is 2.24. The van der Waals surface area contributed by atoms with Gasteiger partial charge in [-0.1, -0.05) is 26.7 Å². The van der Waals surface area contributed by atoms with Gasteiger partial charge in [-0.2, -0.15) is 0 Å². The summed E-state index contributed by atoms with van der Waals surface area (Å²) in [6.07, 6.45) is 10.6. The van der Waals surface area contributed by atoms with Gasteiger partial charge in [0.05, 0.1) is 12.2 Å². The first-order valence-corrected chi connectivity index (χ1v) is 7.34. The van der Waals surface area contributed by atoms with Crippen molar-refractivity contribution in [2.75, 3.05) is 7.11 Å². The smallest absolute Gasteiger partial charge is 0.0571 e. The second-order valence-corrected chi connectivity index (χ2v) is 5.95. The summed E-state index contributed by atoms with van der Waals surface area (Å²) in [5.74, 6) is 1.50. The maximum Gasteiger partial charge on any atom is 0.0571 e. The predicted molar refractivity (Wildman–Crippen MR) is 72.1 cm³/mol. The molecule has 0 heterocycles. The van der Waals surface area contributed by atoms with E-state index in [4.69, 9.17) is 4.74 Å². The number of hydrogen-bond acceptors (Lipinski definition) is 2. The molecule has 0 spiro atoms. The van der Waals surface area contributed by atoms with Crippen molar-refractivity contribution in [3.05, 3.63) is 0 Å². The fourth-order valence-corrected chi connectivity index (χ4v) is 2.76. The van der Waals surface area contributed by atoms with Crippen molar-refractivity contribution in [3.63, 3.8) is 0 Å². The number of aliphatic hydroxyl groups excluding tert-OH is 1. The largest absolute Gasteiger partial charge is 0.393 e. The van der Waals surface area contributed by atoms with Crippen LogP contribution in [0, 0.1) is 11.8 Å². The highest BCUT2D eigenvalue weighted by Gasteiger charge is 2.17. The van der Waals surface area contributed by atoms with Crippen molar-refractivity contribution in [1.29, 1.82) is 0 Å². The molecule has 0 aromatic rings. The van der Waals surface area contributed by atoms with Crippen LogP contribution in [0.5, 0.6) is 0 Å². The van der Waals surface area contributed by atoms with Crippen LogP contribution in [0.1, 0.15) is 65.2 Å². The Morgan fingerprint density at radius 3 is 1.88 bits per heavy atom. The van der Waals surface area contributed by atoms with E-state index in [9.17, 15) is 5.11 Å². The van der Waals surface area contributed by atoms with Crippen molar-refractivity contribution in [2.45, 2.75) is 77.4 Å². The zero-order valence-corrected chi connectivity index (χ0v) is 11.8. The zero-order chi connectivity index (χ0) is 12.7. The number of rotatable bonds is 1. The Kier molecular flexibility index (Phi) is 7.14. The van der Waals surface area contributed by atoms with E-state index >= 15 is 0 Å². The fraction of sp³-hybridized carbons (Fsp3) is 1.00. The zero-order valence-electron chi connectivity index (χ0n) is 11.8. The molecule has 0 radical (unpaired) electrons. The molecule has 102 valence electrons. The van der Waals surface area contributed by atoms with Crippen LogP contribution in [0.3, 0.4) is 0 Å². The SMILES string of the molecule is CC1CCCCC1O.COC1CCC(C)CC1. The van der Waals surface area contributed by atoms with Crippen LogP contribution in [0.15, 0.2) is 0 Å². The predicted octanol–water partition coefficient (Wildman–Crippen LogP) is 3.77. The lowest BCUT2D eigenvalue weighted by molar-refractivity contribution is 0.0593. The summed E-state index contributed by atoms with van der Waals surface area (Å²) in [6, 6.07) is 0. The molecule has 0 aliphatic heterocycles. The summed E-state index contributed by atoms with van der Waals surface area (Å²) in [4.78, 5) is 0. The minimum absolute atomic E-state index is 0.00347. The first-order chi connectivity index (χ1) is 8.13. The topological polar surface area (TPSA) is 29.5 Å². The molecule has 2 aliphatic rings. The Hall–Kier alpha value is -0.0800. The van der Waals surface area contributed by atoms with Crippen molar-refractivity contribution in [2.24, 2.45) is 11.8 Å². The van der Waals surface area contributed by atoms with Gasteiger partial charge in [-0.25, -0.2) is 0 Å². The third-order valence-corrected chi connectivity index (χ3v) is 4.36. The van der Waals surface area contributed by atoms with E-state index in [1.165, 1.54) is 44.9 Å². The van der Waals surface area contributed by atoms with Gasteiger partial charge < -0.3 is 9.84 Å². The van der Waals surface area contributed by atoms with Gasteiger partial charge in [0.1, 0.15) is 0 Å². The molecular weight excluding hydrogens is 212 g/mol. The van der Waals surface area contributed by atoms with Crippen LogP contribution in [0.4, 0.5) is 0 Å². The van der Waals surface area contributed by atoms with Gasteiger partial charge in [-0.3, -0.25) is 0 Å². The lowest BCUT2D eigenvalue weighted by atomic mass is 9.88. The van der Waals surface area contributed by atoms with Crippen LogP contribution in [-0.4, -0.2) is 24.4 Å². The van der Waals surface area contributed by atoms with Crippen LogP contribution >= 0.6 is 0 Å². The fourth-order valence-electron chi connectivity index (χ4n) is 2.76. The monoisotopic (exact) mass is 242 g/mol. The number of methoxy groups -OCH3 is 1. The second kappa shape index (κ2) is 8.10. The summed E-state index contributed by atoms with van der Waals surface area (Å²) in [6.45, 7) is 4.45. The van der Waals surface area contributed by atoms with Gasteiger partial charge in [0.25, 0.3) is 0 Å². The molecule has 2 unspecified atom stereocenters. The highest BCUT2D eigenvalue weighted by molar-refractivity contribution is 4.70. The first-order valence-electron chi connectivity index (χ1n) is 7.34. The van der Waals surface area contributed by atoms with E-state index in [0.717, 1.165) is 12.3 Å². The van der Waals surface area contributed by atoms with Crippen LogP contribution < -0.4 is 0 Å². The van der Waals surface area contributed by atoms with Gasteiger partial charge in [0, 0.05) is 7.11 Å². The molecule has 0 aromatic heterocycles. The molecule has 2 fully saturated rings. The summed E-state index contributed by atoms with van der Waals surface area (Å²) >= 11 is 0. The lowest BCUT2D eigenvalue weighted by Crippen LogP contribution is -2.21. The molecular formula is C15H30O2. The molecule has 2 atom stereocenters. The summed E-state index contributed by atoms with van der Waals surface area (Å²) in [5.41, 5.74) is 0. The average molecular weight is 242 g/mol. The van der Waals surface area contributed by atoms with Gasteiger partial charge in [-0.05, 0) is 50.4 Å². The van der Waals surface area contributed by atoms with E-state index in [2.05, 4.69) is 13.8 Å². The van der Waals surface area contributed by atoms with E-state index in [0.29, 0.717) is 12.0 Å². The Bertz CT molecular complexity index is 175. The van der Waals surface area contributed by atoms with Crippen molar-refractivity contribution >= 4 is 0 Å². The Morgan fingerprint density at radius 1 is 0.882 bits per heavy atom. The maximum absolute atomic E-state index is 9.18. The van der Waals surface area contributed by atoms with E-state index in [-0.39, 0.29) is 6.10 Å². The normalized spacial score (nSPS) is 38.1. The number of ether oxygens (including phenoxy) is 1. The van der Waals surface area contributed by atoms with Gasteiger partial charge in [-0.15, -0.1) is 0 Å². The Balaban J connectivity index is 0.000000171. The lowest BCUT2D eigenvalue weighted by Gasteiger charge is -2.24. The molecule has 2 aliphatic carbocycles. The molecule has 2 nitrogen and oxygen atoms in total. The molecule has 0 aromatic carbocycles. The third kappa shape index (κ3) is 5.87. The van der Waals surface area contributed by atoms with Gasteiger partial charge >= 0.3 is 0 Å². The molecule has 2 heteroatoms. The Morgan fingerprint density at radius 2 is 1.47 bits per heavy atom. The molecule has 0 bridgehead atoms. The second-order valence-electron chi connectivity index (χ2n) is 5.95. The molecule has 1 N–H and O–H groups in total. The summed E-state index contributed by atoms with van der Waals surface area (Å²) < 4.78 is 5.24. The van der Waals surface area contributed by atoms with Crippen LogP contribution in [0.25, 0.3) is 0 Å². The third-order valence-electron chi connectivity index (χ3n) is 4.36. The average Bonchev–Trinajstić information content (AvgIpc) is 2.35. The standard InChI is InChI=1S/C8H16O.C7H14O/c1-7-3-5-8(9-2)6-4-7;1-6-4-2-3-5-7(6)8/h7-8H,3-6H2,1-2H3;6-8H,2-5H2,1H3. The number of aliphatic hydroxyl groups is 1. The maximum atomic E-state index is 9.18. The van der Waals surface area contributed by atoms with E-state index in [1.54, 1.807) is 0 Å². The van der Waals surface area contributed by atoms with Crippen LogP contribution in [0.2, 0.25) is 0 Å². The number of hydrogen-bond donors (Lipinski definition) is 1. The highest BCUT2D eigenvalue weighted by atomic mass is 16.5. The minimum atomic E-state index is 0.00347. The quantitative estimate of drug-likeness (QED) is 0.758. The van der Waals surface area contributed by atoms with Crippen LogP contribution in [-0.2, 0) is 4.74 Å². The summed E-state index contributed by atoms with van der Waals surface area (Å²) in [5, 5.41) is 9.18. The Labute approximate surface area is 107 Å². The van der Waals surface area contributed by atoms with E-state index < -0.39 is 0 Å². The van der Waals surface area contributed by atoms with Crippen molar-refractivity contribution in [3.8, 4) is 0 Å². The van der Waals surface area contributed by atoms with Gasteiger partial charge in [0.15, 0.2) is 0 Å². The van der Waals surface area contributed by atoms with Crippen molar-refractivity contribution < 1.29 is 9.84 Å². The molecule has 0 amide bonds. The van der Waals surface area contributed by atoms with E-state index in [1.807, 2.05) is 7.11 Å². The molecule has 2 rings (SSSR count).